The minimum absolute atomic E-state index is 0.0822. The summed E-state index contributed by atoms with van der Waals surface area (Å²) in [7, 11) is 1.28. The Morgan fingerprint density at radius 2 is 1.77 bits per heavy atom. The first-order valence-corrected chi connectivity index (χ1v) is 10.0. The Hall–Kier alpha value is -3.48. The molecule has 1 N–H and O–H groups in total. The number of esters is 2. The van der Waals surface area contributed by atoms with Crippen LogP contribution in [0.25, 0.3) is 10.9 Å². The number of H-pyrrole nitrogens is 1. The zero-order valence-electron chi connectivity index (χ0n) is 18.2. The van der Waals surface area contributed by atoms with Crippen LogP contribution >= 0.6 is 0 Å². The largest absolute Gasteiger partial charge is 0.465 e. The van der Waals surface area contributed by atoms with Crippen molar-refractivity contribution in [3.05, 3.63) is 75.3 Å². The quantitative estimate of drug-likeness (QED) is 0.609. The monoisotopic (exact) mass is 422 g/mol. The zero-order chi connectivity index (χ0) is 22.6. The first-order chi connectivity index (χ1) is 14.7. The summed E-state index contributed by atoms with van der Waals surface area (Å²) in [6, 6.07) is 12.7. The summed E-state index contributed by atoms with van der Waals surface area (Å²) in [5.74, 6) is -0.694. The number of nitrogens with zero attached hydrogens (tertiary/aromatic N) is 1. The number of benzene rings is 2. The second-order valence-electron chi connectivity index (χ2n) is 8.34. The van der Waals surface area contributed by atoms with Crippen LogP contribution < -0.4 is 5.56 Å². The molecule has 0 aliphatic rings. The average Bonchev–Trinajstić information content (AvgIpc) is 2.75. The second-order valence-corrected chi connectivity index (χ2v) is 8.34. The maximum atomic E-state index is 12.3. The number of hydrogen-bond donors (Lipinski definition) is 1. The van der Waals surface area contributed by atoms with Gasteiger partial charge in [-0.25, -0.2) is 9.78 Å². The van der Waals surface area contributed by atoms with Crippen LogP contribution in [0.1, 0.15) is 54.5 Å². The van der Waals surface area contributed by atoms with E-state index in [1.165, 1.54) is 30.9 Å². The van der Waals surface area contributed by atoms with E-state index in [9.17, 15) is 14.4 Å². The minimum Gasteiger partial charge on any atom is -0.465 e. The van der Waals surface area contributed by atoms with Crippen LogP contribution in [0.2, 0.25) is 0 Å². The Morgan fingerprint density at radius 3 is 2.42 bits per heavy atom. The van der Waals surface area contributed by atoms with E-state index in [0.717, 1.165) is 5.56 Å². The number of hydrogen-bond acceptors (Lipinski definition) is 6. The van der Waals surface area contributed by atoms with Crippen molar-refractivity contribution in [2.45, 2.75) is 45.6 Å². The van der Waals surface area contributed by atoms with Crippen molar-refractivity contribution < 1.29 is 19.1 Å². The molecule has 0 aliphatic carbocycles. The number of carbonyl (C=O) groups is 2. The smallest absolute Gasteiger partial charge is 0.337 e. The normalized spacial score (nSPS) is 11.4. The fourth-order valence-electron chi connectivity index (χ4n) is 3.14. The van der Waals surface area contributed by atoms with Crippen molar-refractivity contribution in [1.82, 2.24) is 9.97 Å². The van der Waals surface area contributed by atoms with Crippen molar-refractivity contribution >= 4 is 22.8 Å². The molecule has 0 aliphatic heterocycles. The molecule has 0 fully saturated rings. The van der Waals surface area contributed by atoms with Gasteiger partial charge in [-0.05, 0) is 41.2 Å². The number of fused-ring (bicyclic) bond motifs is 1. The van der Waals surface area contributed by atoms with Gasteiger partial charge in [-0.1, -0.05) is 45.0 Å². The molecule has 1 heterocycles. The molecule has 0 atom stereocenters. The number of aryl methyl sites for hydroxylation is 1. The molecule has 0 spiro atoms. The van der Waals surface area contributed by atoms with Gasteiger partial charge in [0, 0.05) is 6.42 Å². The highest BCUT2D eigenvalue weighted by atomic mass is 16.5. The number of aromatic amines is 1. The fraction of sp³-hybridized carbons (Fsp3) is 0.333. The van der Waals surface area contributed by atoms with Gasteiger partial charge in [-0.15, -0.1) is 0 Å². The molecule has 0 saturated heterocycles. The van der Waals surface area contributed by atoms with E-state index in [-0.39, 0.29) is 41.4 Å². The highest BCUT2D eigenvalue weighted by molar-refractivity contribution is 5.93. The topological polar surface area (TPSA) is 98.4 Å². The average molecular weight is 422 g/mol. The molecule has 0 saturated carbocycles. The summed E-state index contributed by atoms with van der Waals surface area (Å²) in [6.45, 7) is 6.30. The van der Waals surface area contributed by atoms with E-state index in [1.54, 1.807) is 0 Å². The first kappa shape index (κ1) is 22.2. The van der Waals surface area contributed by atoms with E-state index >= 15 is 0 Å². The van der Waals surface area contributed by atoms with Crippen molar-refractivity contribution in [2.24, 2.45) is 0 Å². The lowest BCUT2D eigenvalue weighted by Gasteiger charge is -2.19. The zero-order valence-corrected chi connectivity index (χ0v) is 18.2. The van der Waals surface area contributed by atoms with Crippen molar-refractivity contribution in [3.8, 4) is 0 Å². The van der Waals surface area contributed by atoms with E-state index in [0.29, 0.717) is 17.3 Å². The van der Waals surface area contributed by atoms with E-state index in [2.05, 4.69) is 47.6 Å². The number of aromatic nitrogens is 2. The van der Waals surface area contributed by atoms with Crippen LogP contribution in [0.5, 0.6) is 0 Å². The van der Waals surface area contributed by atoms with Crippen LogP contribution in [0.4, 0.5) is 0 Å². The van der Waals surface area contributed by atoms with E-state index in [4.69, 9.17) is 4.74 Å². The highest BCUT2D eigenvalue weighted by Crippen LogP contribution is 2.22. The van der Waals surface area contributed by atoms with Crippen molar-refractivity contribution in [1.29, 1.82) is 0 Å². The molecule has 0 radical (unpaired) electrons. The molecule has 7 heteroatoms. The van der Waals surface area contributed by atoms with Crippen molar-refractivity contribution in [2.75, 3.05) is 7.11 Å². The highest BCUT2D eigenvalue weighted by Gasteiger charge is 2.14. The maximum Gasteiger partial charge on any atom is 0.337 e. The standard InChI is InChI=1S/C24H26N2O5/c1-24(2,3)17-9-5-15(6-10-17)7-12-21(27)31-14-20-25-19-13-16(23(29)30-4)8-11-18(19)22(28)26-20/h5-6,8-11,13H,7,12,14H2,1-4H3,(H,25,26,28). The minimum atomic E-state index is -0.521. The Balaban J connectivity index is 1.61. The molecule has 0 bridgehead atoms. The van der Waals surface area contributed by atoms with Gasteiger partial charge >= 0.3 is 11.9 Å². The Kier molecular flexibility index (Phi) is 6.53. The SMILES string of the molecule is COC(=O)c1ccc2c(=O)[nH]c(COC(=O)CCc3ccc(C(C)(C)C)cc3)nc2c1. The van der Waals surface area contributed by atoms with Crippen LogP contribution in [-0.4, -0.2) is 29.0 Å². The van der Waals surface area contributed by atoms with Crippen LogP contribution in [0.3, 0.4) is 0 Å². The fourth-order valence-corrected chi connectivity index (χ4v) is 3.14. The number of ether oxygens (including phenoxy) is 2. The van der Waals surface area contributed by atoms with E-state index in [1.807, 2.05) is 12.1 Å². The van der Waals surface area contributed by atoms with Gasteiger partial charge in [0.05, 0.1) is 23.6 Å². The molecule has 3 aromatic rings. The molecule has 1 aromatic heterocycles. The lowest BCUT2D eigenvalue weighted by molar-refractivity contribution is -0.145. The molecule has 162 valence electrons. The summed E-state index contributed by atoms with van der Waals surface area (Å²) < 4.78 is 9.96. The summed E-state index contributed by atoms with van der Waals surface area (Å²) in [6.07, 6.45) is 0.784. The molecular weight excluding hydrogens is 396 g/mol. The molecule has 0 unspecified atom stereocenters. The summed E-state index contributed by atoms with van der Waals surface area (Å²) >= 11 is 0. The third-order valence-electron chi connectivity index (χ3n) is 4.98. The number of rotatable bonds is 6. The number of methoxy groups -OCH3 is 1. The Labute approximate surface area is 180 Å². The van der Waals surface area contributed by atoms with Gasteiger partial charge in [-0.3, -0.25) is 9.59 Å². The lowest BCUT2D eigenvalue weighted by atomic mass is 9.86. The molecular formula is C24H26N2O5. The molecule has 3 rings (SSSR count). The number of carbonyl (C=O) groups excluding carboxylic acids is 2. The van der Waals surface area contributed by atoms with E-state index < -0.39 is 5.97 Å². The van der Waals surface area contributed by atoms with Gasteiger partial charge in [0.1, 0.15) is 12.4 Å². The number of nitrogens with one attached hydrogen (secondary N) is 1. The first-order valence-electron chi connectivity index (χ1n) is 10.0. The third-order valence-corrected chi connectivity index (χ3v) is 4.98. The van der Waals surface area contributed by atoms with Gasteiger partial charge in [0.25, 0.3) is 5.56 Å². The van der Waals surface area contributed by atoms with Crippen LogP contribution in [0, 0.1) is 0 Å². The Bertz CT molecular complexity index is 1160. The summed E-state index contributed by atoms with van der Waals surface area (Å²) in [5, 5.41) is 0.335. The Morgan fingerprint density at radius 1 is 1.06 bits per heavy atom. The molecule has 31 heavy (non-hydrogen) atoms. The summed E-state index contributed by atoms with van der Waals surface area (Å²) in [5.41, 5.74) is 2.62. The second kappa shape index (κ2) is 9.12. The molecule has 0 amide bonds. The van der Waals surface area contributed by atoms with Gasteiger partial charge < -0.3 is 14.5 Å². The third kappa shape index (κ3) is 5.57. The van der Waals surface area contributed by atoms with Gasteiger partial charge in [-0.2, -0.15) is 0 Å². The maximum absolute atomic E-state index is 12.3. The van der Waals surface area contributed by atoms with Gasteiger partial charge in [0.15, 0.2) is 0 Å². The van der Waals surface area contributed by atoms with Crippen molar-refractivity contribution in [3.63, 3.8) is 0 Å². The predicted molar refractivity (Wildman–Crippen MR) is 117 cm³/mol. The molecule has 2 aromatic carbocycles. The lowest BCUT2D eigenvalue weighted by Crippen LogP contribution is -2.15. The van der Waals surface area contributed by atoms with Crippen LogP contribution in [-0.2, 0) is 32.7 Å². The van der Waals surface area contributed by atoms with Gasteiger partial charge in [0.2, 0.25) is 0 Å². The van der Waals surface area contributed by atoms with Crippen LogP contribution in [0.15, 0.2) is 47.3 Å². The predicted octanol–water partition coefficient (Wildman–Crippen LogP) is 3.68. The summed E-state index contributed by atoms with van der Waals surface area (Å²) in [4.78, 5) is 43.0. The molecule has 7 nitrogen and oxygen atoms in total.